The molecular formula is C21H23N3O5. The molecule has 8 nitrogen and oxygen atoms in total. The summed E-state index contributed by atoms with van der Waals surface area (Å²) in [7, 11) is 0. The number of carboxylic acids is 1. The van der Waals surface area contributed by atoms with Gasteiger partial charge in [0.25, 0.3) is 11.6 Å². The summed E-state index contributed by atoms with van der Waals surface area (Å²) in [5.41, 5.74) is 1.40. The van der Waals surface area contributed by atoms with Crippen LogP contribution in [0.5, 0.6) is 0 Å². The second-order valence-electron chi connectivity index (χ2n) is 7.09. The molecule has 0 saturated carbocycles. The predicted molar refractivity (Wildman–Crippen MR) is 108 cm³/mol. The molecule has 0 spiro atoms. The summed E-state index contributed by atoms with van der Waals surface area (Å²) in [5, 5.41) is 23.5. The summed E-state index contributed by atoms with van der Waals surface area (Å²) in [4.78, 5) is 37.0. The second-order valence-corrected chi connectivity index (χ2v) is 7.09. The molecule has 1 aliphatic heterocycles. The summed E-state index contributed by atoms with van der Waals surface area (Å²) >= 11 is 0. The van der Waals surface area contributed by atoms with E-state index < -0.39 is 22.7 Å². The molecule has 1 fully saturated rings. The van der Waals surface area contributed by atoms with Gasteiger partial charge in [-0.1, -0.05) is 30.3 Å². The van der Waals surface area contributed by atoms with E-state index in [0.717, 1.165) is 31.5 Å². The smallest absolute Gasteiger partial charge is 0.308 e. The number of nitro groups is 1. The number of carboxylic acid groups (broad SMARTS) is 1. The first-order chi connectivity index (χ1) is 14.0. The fourth-order valence-electron chi connectivity index (χ4n) is 3.50. The number of aliphatic carboxylic acids is 1. The molecule has 3 rings (SSSR count). The number of hydrogen-bond donors (Lipinski definition) is 2. The quantitative estimate of drug-likeness (QED) is 0.523. The molecule has 2 aromatic rings. The Bertz CT molecular complexity index is 894. The highest BCUT2D eigenvalue weighted by Crippen LogP contribution is 2.31. The van der Waals surface area contributed by atoms with Gasteiger partial charge in [0.2, 0.25) is 0 Å². The third-order valence-corrected chi connectivity index (χ3v) is 5.06. The number of rotatable bonds is 8. The second kappa shape index (κ2) is 9.18. The van der Waals surface area contributed by atoms with Crippen LogP contribution in [0.1, 0.15) is 28.8 Å². The van der Waals surface area contributed by atoms with E-state index in [0.29, 0.717) is 5.69 Å². The average Bonchev–Trinajstić information content (AvgIpc) is 3.25. The first-order valence-electron chi connectivity index (χ1n) is 9.54. The topological polar surface area (TPSA) is 113 Å². The number of carbonyl (C=O) groups is 2. The summed E-state index contributed by atoms with van der Waals surface area (Å²) < 4.78 is 0. The normalized spacial score (nSPS) is 14.4. The maximum atomic E-state index is 12.5. The Labute approximate surface area is 168 Å². The molecule has 2 aromatic carbocycles. The molecule has 1 saturated heterocycles. The fraction of sp³-hybridized carbons (Fsp3) is 0.333. The maximum Gasteiger partial charge on any atom is 0.308 e. The molecule has 8 heteroatoms. The van der Waals surface area contributed by atoms with Crippen molar-refractivity contribution >= 4 is 23.3 Å². The van der Waals surface area contributed by atoms with Gasteiger partial charge in [-0.05, 0) is 37.0 Å². The Morgan fingerprint density at radius 3 is 2.45 bits per heavy atom. The van der Waals surface area contributed by atoms with Crippen LogP contribution in [0.4, 0.5) is 11.4 Å². The highest BCUT2D eigenvalue weighted by atomic mass is 16.6. The van der Waals surface area contributed by atoms with Gasteiger partial charge in [-0.25, -0.2) is 0 Å². The van der Waals surface area contributed by atoms with Crippen LogP contribution in [-0.4, -0.2) is 41.5 Å². The van der Waals surface area contributed by atoms with Gasteiger partial charge in [0.1, 0.15) is 5.69 Å². The predicted octanol–water partition coefficient (Wildman–Crippen LogP) is 2.87. The molecule has 2 N–H and O–H groups in total. The fourth-order valence-corrected chi connectivity index (χ4v) is 3.50. The van der Waals surface area contributed by atoms with Gasteiger partial charge in [0.15, 0.2) is 0 Å². The van der Waals surface area contributed by atoms with E-state index in [1.54, 1.807) is 12.1 Å². The van der Waals surface area contributed by atoms with Crippen LogP contribution in [0.15, 0.2) is 48.5 Å². The number of anilines is 1. The van der Waals surface area contributed by atoms with E-state index in [1.807, 2.05) is 35.2 Å². The van der Waals surface area contributed by atoms with Crippen LogP contribution >= 0.6 is 0 Å². The van der Waals surface area contributed by atoms with Gasteiger partial charge < -0.3 is 15.3 Å². The first kappa shape index (κ1) is 20.3. The number of carbonyl (C=O) groups excluding carboxylic acids is 1. The van der Waals surface area contributed by atoms with Crippen molar-refractivity contribution in [2.45, 2.75) is 19.3 Å². The molecule has 0 aliphatic carbocycles. The lowest BCUT2D eigenvalue weighted by atomic mass is 9.99. The number of nitrogens with zero attached hydrogens (tertiary/aromatic N) is 2. The molecule has 152 valence electrons. The average molecular weight is 397 g/mol. The van der Waals surface area contributed by atoms with Crippen LogP contribution in [0, 0.1) is 16.0 Å². The van der Waals surface area contributed by atoms with Crippen molar-refractivity contribution in [2.75, 3.05) is 24.5 Å². The summed E-state index contributed by atoms with van der Waals surface area (Å²) in [6, 6.07) is 13.6. The van der Waals surface area contributed by atoms with Crippen LogP contribution in [0.2, 0.25) is 0 Å². The molecule has 0 aromatic heterocycles. The van der Waals surface area contributed by atoms with Gasteiger partial charge in [-0.15, -0.1) is 0 Å². The number of nitro benzene ring substituents is 1. The number of benzene rings is 2. The first-order valence-corrected chi connectivity index (χ1v) is 9.54. The lowest BCUT2D eigenvalue weighted by molar-refractivity contribution is -0.384. The third kappa shape index (κ3) is 5.10. The van der Waals surface area contributed by atoms with Gasteiger partial charge in [0.05, 0.1) is 10.8 Å². The zero-order chi connectivity index (χ0) is 20.8. The van der Waals surface area contributed by atoms with E-state index in [-0.39, 0.29) is 24.2 Å². The number of nitrogens with one attached hydrogen (secondary N) is 1. The van der Waals surface area contributed by atoms with Crippen molar-refractivity contribution in [1.82, 2.24) is 5.32 Å². The zero-order valence-corrected chi connectivity index (χ0v) is 15.9. The molecule has 1 aliphatic rings. The zero-order valence-electron chi connectivity index (χ0n) is 15.9. The molecule has 0 radical (unpaired) electrons. The molecule has 1 unspecified atom stereocenters. The van der Waals surface area contributed by atoms with Gasteiger partial charge in [-0.2, -0.15) is 0 Å². The van der Waals surface area contributed by atoms with E-state index in [1.165, 1.54) is 6.07 Å². The highest BCUT2D eigenvalue weighted by Gasteiger charge is 2.25. The SMILES string of the molecule is O=C(NCC(Cc1ccccc1)C(=O)O)c1ccc(N2CCCC2)c([N+](=O)[O-])c1. The van der Waals surface area contributed by atoms with Crippen molar-refractivity contribution < 1.29 is 19.6 Å². The standard InChI is InChI=1S/C21H23N3O5/c25-20(22-14-17(21(26)27)12-15-6-2-1-3-7-15)16-8-9-18(19(13-16)24(28)29)23-10-4-5-11-23/h1-3,6-9,13,17H,4-5,10-12,14H2,(H,22,25)(H,26,27). The Morgan fingerprint density at radius 1 is 1.14 bits per heavy atom. The lowest BCUT2D eigenvalue weighted by Crippen LogP contribution is -2.34. The number of amides is 1. The van der Waals surface area contributed by atoms with Crippen molar-refractivity contribution in [3.63, 3.8) is 0 Å². The summed E-state index contributed by atoms with van der Waals surface area (Å²) in [6.07, 6.45) is 2.25. The molecule has 1 atom stereocenters. The Kier molecular flexibility index (Phi) is 6.43. The largest absolute Gasteiger partial charge is 0.481 e. The highest BCUT2D eigenvalue weighted by molar-refractivity contribution is 5.96. The van der Waals surface area contributed by atoms with Crippen molar-refractivity contribution in [3.8, 4) is 0 Å². The lowest BCUT2D eigenvalue weighted by Gasteiger charge is -2.18. The molecule has 1 heterocycles. The Balaban J connectivity index is 1.69. The van der Waals surface area contributed by atoms with Crippen LogP contribution < -0.4 is 10.2 Å². The van der Waals surface area contributed by atoms with E-state index in [2.05, 4.69) is 5.32 Å². The van der Waals surface area contributed by atoms with Crippen LogP contribution in [-0.2, 0) is 11.2 Å². The minimum atomic E-state index is -1.01. The monoisotopic (exact) mass is 397 g/mol. The minimum Gasteiger partial charge on any atom is -0.481 e. The van der Waals surface area contributed by atoms with Gasteiger partial charge >= 0.3 is 5.97 Å². The third-order valence-electron chi connectivity index (χ3n) is 5.06. The number of hydrogen-bond acceptors (Lipinski definition) is 5. The van der Waals surface area contributed by atoms with E-state index in [9.17, 15) is 24.8 Å². The summed E-state index contributed by atoms with van der Waals surface area (Å²) in [6.45, 7) is 1.45. The molecule has 29 heavy (non-hydrogen) atoms. The maximum absolute atomic E-state index is 12.5. The van der Waals surface area contributed by atoms with Crippen LogP contribution in [0.25, 0.3) is 0 Å². The minimum absolute atomic E-state index is 0.0647. The van der Waals surface area contributed by atoms with E-state index in [4.69, 9.17) is 0 Å². The Hall–Kier alpha value is -3.42. The van der Waals surface area contributed by atoms with Gasteiger partial charge in [-0.3, -0.25) is 19.7 Å². The summed E-state index contributed by atoms with van der Waals surface area (Å²) in [5.74, 6) is -2.33. The molecule has 0 bridgehead atoms. The van der Waals surface area contributed by atoms with Crippen LogP contribution in [0.3, 0.4) is 0 Å². The Morgan fingerprint density at radius 2 is 1.83 bits per heavy atom. The van der Waals surface area contributed by atoms with E-state index >= 15 is 0 Å². The van der Waals surface area contributed by atoms with Crippen molar-refractivity contribution in [1.29, 1.82) is 0 Å². The van der Waals surface area contributed by atoms with Crippen molar-refractivity contribution in [2.24, 2.45) is 5.92 Å². The molecule has 1 amide bonds. The molecular weight excluding hydrogens is 374 g/mol. The van der Waals surface area contributed by atoms with Crippen molar-refractivity contribution in [3.05, 3.63) is 69.8 Å². The van der Waals surface area contributed by atoms with Gasteiger partial charge in [0, 0.05) is 31.3 Å².